The predicted molar refractivity (Wildman–Crippen MR) is 85.8 cm³/mol. The van der Waals surface area contributed by atoms with Crippen LogP contribution in [0.5, 0.6) is 5.88 Å². The van der Waals surface area contributed by atoms with E-state index in [1.807, 2.05) is 0 Å². The first-order valence-corrected chi connectivity index (χ1v) is 8.31. The molecule has 1 heterocycles. The maximum absolute atomic E-state index is 5.50. The van der Waals surface area contributed by atoms with E-state index in [0.29, 0.717) is 24.5 Å². The Morgan fingerprint density at radius 2 is 2.00 bits per heavy atom. The van der Waals surface area contributed by atoms with Crippen molar-refractivity contribution in [2.24, 2.45) is 0 Å². The highest BCUT2D eigenvalue weighted by Crippen LogP contribution is 2.16. The lowest BCUT2D eigenvalue weighted by molar-refractivity contribution is 0.305. The molecule has 1 aliphatic carbocycles. The molecule has 0 spiro atoms. The van der Waals surface area contributed by atoms with Gasteiger partial charge in [0.05, 0.1) is 6.61 Å². The zero-order chi connectivity index (χ0) is 14.8. The van der Waals surface area contributed by atoms with Crippen LogP contribution in [0.1, 0.15) is 51.9 Å². The van der Waals surface area contributed by atoms with E-state index in [1.54, 1.807) is 12.3 Å². The van der Waals surface area contributed by atoms with Crippen LogP contribution >= 0.6 is 0 Å². The van der Waals surface area contributed by atoms with Gasteiger partial charge in [0.15, 0.2) is 0 Å². The van der Waals surface area contributed by atoms with Crippen LogP contribution in [0.15, 0.2) is 12.3 Å². The van der Waals surface area contributed by atoms with E-state index in [2.05, 4.69) is 27.5 Å². The molecule has 5 heteroatoms. The lowest BCUT2D eigenvalue weighted by atomic mass is 10.1. The van der Waals surface area contributed by atoms with Crippen LogP contribution in [0, 0.1) is 0 Å². The van der Waals surface area contributed by atoms with Crippen LogP contribution in [-0.4, -0.2) is 35.7 Å². The zero-order valence-electron chi connectivity index (χ0n) is 13.1. The summed E-state index contributed by atoms with van der Waals surface area (Å²) in [4.78, 5) is 8.55. The minimum absolute atomic E-state index is 0.645. The van der Waals surface area contributed by atoms with Gasteiger partial charge in [-0.1, -0.05) is 32.6 Å². The molecule has 0 bridgehead atoms. The van der Waals surface area contributed by atoms with Crippen LogP contribution in [0.3, 0.4) is 0 Å². The first kappa shape index (κ1) is 16.0. The van der Waals surface area contributed by atoms with E-state index in [4.69, 9.17) is 4.74 Å². The molecule has 0 atom stereocenters. The van der Waals surface area contributed by atoms with Gasteiger partial charge in [-0.2, -0.15) is 4.98 Å². The second-order valence-corrected chi connectivity index (χ2v) is 5.64. The zero-order valence-corrected chi connectivity index (χ0v) is 13.1. The van der Waals surface area contributed by atoms with Crippen molar-refractivity contribution in [2.75, 3.05) is 25.0 Å². The van der Waals surface area contributed by atoms with E-state index in [-0.39, 0.29) is 0 Å². The highest BCUT2D eigenvalue weighted by Gasteiger charge is 2.10. The maximum Gasteiger partial charge on any atom is 0.225 e. The average Bonchev–Trinajstić information content (AvgIpc) is 2.79. The molecular formula is C16H28N4O. The topological polar surface area (TPSA) is 59.1 Å². The van der Waals surface area contributed by atoms with E-state index in [1.165, 1.54) is 38.5 Å². The lowest BCUT2D eigenvalue weighted by Gasteiger charge is -2.16. The Morgan fingerprint density at radius 3 is 2.76 bits per heavy atom. The van der Waals surface area contributed by atoms with Gasteiger partial charge in [-0.15, -0.1) is 0 Å². The van der Waals surface area contributed by atoms with Crippen molar-refractivity contribution in [3.05, 3.63) is 12.3 Å². The molecule has 0 amide bonds. The minimum Gasteiger partial charge on any atom is -0.478 e. The van der Waals surface area contributed by atoms with Crippen LogP contribution in [-0.2, 0) is 0 Å². The van der Waals surface area contributed by atoms with Crippen molar-refractivity contribution in [3.63, 3.8) is 0 Å². The summed E-state index contributed by atoms with van der Waals surface area (Å²) in [5, 5.41) is 6.88. The number of rotatable bonds is 8. The standard InChI is InChI=1S/C16H28N4O/c1-2-13-21-15-9-10-18-16(20-15)19-12-11-17-14-7-5-3-4-6-8-14/h9-10,14,17H,2-8,11-13H2,1H3,(H,18,19,20). The normalized spacial score (nSPS) is 16.4. The summed E-state index contributed by atoms with van der Waals surface area (Å²) in [5.74, 6) is 1.29. The number of anilines is 1. The Kier molecular flexibility index (Phi) is 7.29. The van der Waals surface area contributed by atoms with Crippen molar-refractivity contribution in [2.45, 2.75) is 57.9 Å². The molecule has 0 unspecified atom stereocenters. The van der Waals surface area contributed by atoms with Crippen molar-refractivity contribution in [1.82, 2.24) is 15.3 Å². The molecule has 2 N–H and O–H groups in total. The van der Waals surface area contributed by atoms with Gasteiger partial charge in [0.1, 0.15) is 0 Å². The summed E-state index contributed by atoms with van der Waals surface area (Å²) in [6, 6.07) is 2.49. The van der Waals surface area contributed by atoms with Gasteiger partial charge in [-0.25, -0.2) is 4.98 Å². The van der Waals surface area contributed by atoms with E-state index in [0.717, 1.165) is 19.5 Å². The predicted octanol–water partition coefficient (Wildman–Crippen LogP) is 2.99. The van der Waals surface area contributed by atoms with Gasteiger partial charge in [-0.05, 0) is 19.3 Å². The summed E-state index contributed by atoms with van der Waals surface area (Å²) in [5.41, 5.74) is 0. The Hall–Kier alpha value is -1.36. The molecule has 5 nitrogen and oxygen atoms in total. The number of ether oxygens (including phenoxy) is 1. The third-order valence-electron chi connectivity index (χ3n) is 3.78. The molecular weight excluding hydrogens is 264 g/mol. The fraction of sp³-hybridized carbons (Fsp3) is 0.750. The fourth-order valence-corrected chi connectivity index (χ4v) is 2.65. The van der Waals surface area contributed by atoms with E-state index in [9.17, 15) is 0 Å². The molecule has 1 aliphatic rings. The Balaban J connectivity index is 1.65. The van der Waals surface area contributed by atoms with Crippen LogP contribution < -0.4 is 15.4 Å². The number of nitrogens with zero attached hydrogens (tertiary/aromatic N) is 2. The smallest absolute Gasteiger partial charge is 0.225 e. The molecule has 21 heavy (non-hydrogen) atoms. The number of hydrogen-bond acceptors (Lipinski definition) is 5. The molecule has 2 rings (SSSR count). The second kappa shape index (κ2) is 9.55. The van der Waals surface area contributed by atoms with Gasteiger partial charge >= 0.3 is 0 Å². The van der Waals surface area contributed by atoms with Crippen LogP contribution in [0.4, 0.5) is 5.95 Å². The highest BCUT2D eigenvalue weighted by molar-refractivity contribution is 5.27. The summed E-state index contributed by atoms with van der Waals surface area (Å²) < 4.78 is 5.50. The molecule has 1 fully saturated rings. The largest absolute Gasteiger partial charge is 0.478 e. The number of aromatic nitrogens is 2. The second-order valence-electron chi connectivity index (χ2n) is 5.64. The molecule has 0 radical (unpaired) electrons. The Morgan fingerprint density at radius 1 is 1.19 bits per heavy atom. The summed E-state index contributed by atoms with van der Waals surface area (Å²) in [6.45, 7) is 4.57. The summed E-state index contributed by atoms with van der Waals surface area (Å²) >= 11 is 0. The average molecular weight is 292 g/mol. The van der Waals surface area contributed by atoms with Crippen molar-refractivity contribution < 1.29 is 4.74 Å². The first-order valence-electron chi connectivity index (χ1n) is 8.31. The van der Waals surface area contributed by atoms with Crippen molar-refractivity contribution in [1.29, 1.82) is 0 Å². The quantitative estimate of drug-likeness (QED) is 0.570. The molecule has 0 saturated heterocycles. The van der Waals surface area contributed by atoms with Crippen LogP contribution in [0.25, 0.3) is 0 Å². The van der Waals surface area contributed by atoms with Crippen molar-refractivity contribution >= 4 is 5.95 Å². The molecule has 0 aliphatic heterocycles. The lowest BCUT2D eigenvalue weighted by Crippen LogP contribution is -2.32. The molecule has 1 aromatic rings. The van der Waals surface area contributed by atoms with Gasteiger partial charge in [0.2, 0.25) is 11.8 Å². The third-order valence-corrected chi connectivity index (χ3v) is 3.78. The molecule has 1 saturated carbocycles. The van der Waals surface area contributed by atoms with Gasteiger partial charge in [0, 0.05) is 31.4 Å². The van der Waals surface area contributed by atoms with Gasteiger partial charge in [-0.3, -0.25) is 0 Å². The summed E-state index contributed by atoms with van der Waals surface area (Å²) in [7, 11) is 0. The fourth-order valence-electron chi connectivity index (χ4n) is 2.65. The SMILES string of the molecule is CCCOc1ccnc(NCCNC2CCCCCC2)n1. The Labute approximate surface area is 127 Å². The monoisotopic (exact) mass is 292 g/mol. The third kappa shape index (κ3) is 6.29. The molecule has 1 aromatic heterocycles. The number of hydrogen-bond donors (Lipinski definition) is 2. The van der Waals surface area contributed by atoms with Crippen LogP contribution in [0.2, 0.25) is 0 Å². The van der Waals surface area contributed by atoms with E-state index < -0.39 is 0 Å². The Bertz CT molecular complexity index is 392. The van der Waals surface area contributed by atoms with Crippen molar-refractivity contribution in [3.8, 4) is 5.88 Å². The molecule has 0 aromatic carbocycles. The summed E-state index contributed by atoms with van der Waals surface area (Å²) in [6.07, 6.45) is 10.9. The van der Waals surface area contributed by atoms with Gasteiger partial charge in [0.25, 0.3) is 0 Å². The highest BCUT2D eigenvalue weighted by atomic mass is 16.5. The van der Waals surface area contributed by atoms with Gasteiger partial charge < -0.3 is 15.4 Å². The molecule has 118 valence electrons. The first-order chi connectivity index (χ1) is 10.4. The maximum atomic E-state index is 5.50. The number of nitrogens with one attached hydrogen (secondary N) is 2. The van der Waals surface area contributed by atoms with E-state index >= 15 is 0 Å². The minimum atomic E-state index is 0.645.